The van der Waals surface area contributed by atoms with Crippen molar-refractivity contribution >= 4 is 5.91 Å². The Hall–Kier alpha value is -2.95. The molecule has 2 atom stereocenters. The summed E-state index contributed by atoms with van der Waals surface area (Å²) in [6, 6.07) is 6.51. The fourth-order valence-electron chi connectivity index (χ4n) is 4.88. The molecule has 5 heteroatoms. The van der Waals surface area contributed by atoms with E-state index >= 15 is 0 Å². The molecule has 0 bridgehead atoms. The van der Waals surface area contributed by atoms with Crippen molar-refractivity contribution in [1.82, 2.24) is 14.5 Å². The molecule has 0 spiro atoms. The zero-order valence-corrected chi connectivity index (χ0v) is 19.9. The maximum absolute atomic E-state index is 13.7. The highest BCUT2D eigenvalue weighted by Gasteiger charge is 2.46. The van der Waals surface area contributed by atoms with Gasteiger partial charge in [0.05, 0.1) is 6.54 Å². The highest BCUT2D eigenvalue weighted by atomic mass is 19.1. The molecule has 0 aliphatic heterocycles. The Kier molecular flexibility index (Phi) is 6.68. The molecule has 1 amide bonds. The molecule has 1 aromatic heterocycles. The highest BCUT2D eigenvalue weighted by Crippen LogP contribution is 2.49. The predicted molar refractivity (Wildman–Crippen MR) is 130 cm³/mol. The minimum absolute atomic E-state index is 0.0692. The van der Waals surface area contributed by atoms with E-state index in [0.29, 0.717) is 6.54 Å². The molecule has 1 aromatic carbocycles. The third-order valence-electron chi connectivity index (χ3n) is 7.24. The van der Waals surface area contributed by atoms with Crippen LogP contribution in [0, 0.1) is 17.2 Å². The molecular formula is C28H34FN3O. The lowest BCUT2D eigenvalue weighted by Gasteiger charge is -2.33. The van der Waals surface area contributed by atoms with Crippen LogP contribution in [0.25, 0.3) is 0 Å². The number of hydrogen-bond donors (Lipinski definition) is 0. The first-order valence-electron chi connectivity index (χ1n) is 11.9. The second kappa shape index (κ2) is 9.50. The number of carbonyl (C=O) groups excluding carboxylic acids is 1. The van der Waals surface area contributed by atoms with Gasteiger partial charge >= 0.3 is 0 Å². The Balaban J connectivity index is 1.61. The van der Waals surface area contributed by atoms with Gasteiger partial charge in [0, 0.05) is 31.1 Å². The number of aryl methyl sites for hydroxylation is 1. The third kappa shape index (κ3) is 5.18. The van der Waals surface area contributed by atoms with Crippen LogP contribution in [0.15, 0.2) is 72.7 Å². The van der Waals surface area contributed by atoms with Gasteiger partial charge < -0.3 is 9.47 Å². The zero-order chi connectivity index (χ0) is 23.6. The van der Waals surface area contributed by atoms with Crippen molar-refractivity contribution in [3.8, 4) is 0 Å². The first kappa shape index (κ1) is 23.2. The molecule has 33 heavy (non-hydrogen) atoms. The number of halogens is 1. The van der Waals surface area contributed by atoms with Crippen LogP contribution >= 0.6 is 0 Å². The van der Waals surface area contributed by atoms with Crippen LogP contribution in [0.3, 0.4) is 0 Å². The summed E-state index contributed by atoms with van der Waals surface area (Å²) in [4.78, 5) is 19.9. The summed E-state index contributed by atoms with van der Waals surface area (Å²) in [7, 11) is 1.94. The fourth-order valence-corrected chi connectivity index (χ4v) is 4.88. The van der Waals surface area contributed by atoms with Crippen molar-refractivity contribution < 1.29 is 9.18 Å². The van der Waals surface area contributed by atoms with Crippen LogP contribution in [-0.2, 0) is 18.4 Å². The molecular weight excluding hydrogens is 413 g/mol. The SMILES string of the molecule is C=C/C(=C\C=C1/CCCCC1(C)C)N(Cc1nccn1C)C(=O)C1CC1c1ccc(F)cc1. The first-order chi connectivity index (χ1) is 15.8. The van der Waals surface area contributed by atoms with E-state index in [1.165, 1.54) is 37.0 Å². The quantitative estimate of drug-likeness (QED) is 0.468. The maximum Gasteiger partial charge on any atom is 0.231 e. The van der Waals surface area contributed by atoms with E-state index in [9.17, 15) is 9.18 Å². The summed E-state index contributed by atoms with van der Waals surface area (Å²) >= 11 is 0. The Labute approximate surface area is 196 Å². The van der Waals surface area contributed by atoms with Crippen molar-refractivity contribution in [3.05, 3.63) is 89.9 Å². The van der Waals surface area contributed by atoms with E-state index in [2.05, 4.69) is 31.5 Å². The Morgan fingerprint density at radius 1 is 1.30 bits per heavy atom. The maximum atomic E-state index is 13.7. The molecule has 2 aliphatic rings. The van der Waals surface area contributed by atoms with Gasteiger partial charge in [-0.1, -0.05) is 50.6 Å². The Morgan fingerprint density at radius 3 is 2.70 bits per heavy atom. The number of amides is 1. The lowest BCUT2D eigenvalue weighted by molar-refractivity contribution is -0.131. The van der Waals surface area contributed by atoms with E-state index in [-0.39, 0.29) is 29.0 Å². The second-order valence-corrected chi connectivity index (χ2v) is 9.96. The van der Waals surface area contributed by atoms with Crippen LogP contribution in [-0.4, -0.2) is 20.4 Å². The summed E-state index contributed by atoms with van der Waals surface area (Å²) in [5.74, 6) is 0.649. The lowest BCUT2D eigenvalue weighted by atomic mass is 9.73. The monoisotopic (exact) mass is 447 g/mol. The minimum Gasteiger partial charge on any atom is -0.337 e. The summed E-state index contributed by atoms with van der Waals surface area (Å²) in [5.41, 5.74) is 3.41. The molecule has 0 N–H and O–H groups in total. The average Bonchev–Trinajstić information content (AvgIpc) is 3.49. The van der Waals surface area contributed by atoms with Gasteiger partial charge in [-0.25, -0.2) is 9.37 Å². The number of nitrogens with zero attached hydrogens (tertiary/aromatic N) is 3. The molecule has 4 nitrogen and oxygen atoms in total. The smallest absolute Gasteiger partial charge is 0.231 e. The van der Waals surface area contributed by atoms with Crippen molar-refractivity contribution in [1.29, 1.82) is 0 Å². The van der Waals surface area contributed by atoms with Crippen molar-refractivity contribution in [3.63, 3.8) is 0 Å². The van der Waals surface area contributed by atoms with E-state index in [1.807, 2.05) is 28.8 Å². The molecule has 0 radical (unpaired) electrons. The number of imidazole rings is 1. The third-order valence-corrected chi connectivity index (χ3v) is 7.24. The van der Waals surface area contributed by atoms with Gasteiger partial charge in [0.2, 0.25) is 5.91 Å². The number of hydrogen-bond acceptors (Lipinski definition) is 2. The van der Waals surface area contributed by atoms with Gasteiger partial charge in [-0.15, -0.1) is 0 Å². The van der Waals surface area contributed by atoms with Crippen molar-refractivity contribution in [2.75, 3.05) is 0 Å². The highest BCUT2D eigenvalue weighted by molar-refractivity contribution is 5.85. The van der Waals surface area contributed by atoms with Crippen LogP contribution in [0.5, 0.6) is 0 Å². The Morgan fingerprint density at radius 2 is 2.06 bits per heavy atom. The van der Waals surface area contributed by atoms with Crippen LogP contribution in [0.4, 0.5) is 4.39 Å². The molecule has 2 saturated carbocycles. The topological polar surface area (TPSA) is 38.1 Å². The lowest BCUT2D eigenvalue weighted by Crippen LogP contribution is -2.32. The largest absolute Gasteiger partial charge is 0.337 e. The number of benzene rings is 1. The summed E-state index contributed by atoms with van der Waals surface area (Å²) in [6.07, 6.45) is 15.2. The van der Waals surface area contributed by atoms with E-state index in [1.54, 1.807) is 24.4 Å². The Bertz CT molecular complexity index is 1080. The number of rotatable bonds is 7. The zero-order valence-electron chi connectivity index (χ0n) is 19.9. The molecule has 2 unspecified atom stereocenters. The van der Waals surface area contributed by atoms with Gasteiger partial charge in [-0.05, 0) is 66.9 Å². The van der Waals surface area contributed by atoms with E-state index in [4.69, 9.17) is 0 Å². The predicted octanol–water partition coefficient (Wildman–Crippen LogP) is 6.29. The molecule has 1 heterocycles. The number of allylic oxidation sites excluding steroid dienone is 4. The molecule has 2 fully saturated rings. The van der Waals surface area contributed by atoms with Crippen molar-refractivity contribution in [2.24, 2.45) is 18.4 Å². The van der Waals surface area contributed by atoms with Crippen LogP contribution in [0.2, 0.25) is 0 Å². The summed E-state index contributed by atoms with van der Waals surface area (Å²) in [6.45, 7) is 9.01. The van der Waals surface area contributed by atoms with E-state index < -0.39 is 0 Å². The van der Waals surface area contributed by atoms with Gasteiger partial charge in [0.25, 0.3) is 0 Å². The molecule has 2 aromatic rings. The second-order valence-electron chi connectivity index (χ2n) is 9.96. The minimum atomic E-state index is -0.255. The normalized spacial score (nSPS) is 23.4. The first-order valence-corrected chi connectivity index (χ1v) is 11.9. The van der Waals surface area contributed by atoms with Gasteiger partial charge in [-0.2, -0.15) is 0 Å². The average molecular weight is 448 g/mol. The number of carbonyl (C=O) groups is 1. The van der Waals surface area contributed by atoms with Crippen LogP contribution < -0.4 is 0 Å². The number of aromatic nitrogens is 2. The molecule has 4 rings (SSSR count). The molecule has 0 saturated heterocycles. The van der Waals surface area contributed by atoms with Crippen LogP contribution in [0.1, 0.15) is 63.3 Å². The molecule has 174 valence electrons. The standard InChI is InChI=1S/C28H34FN3O/c1-5-23(14-11-21-8-6-7-15-28(21,2)3)32(19-26-30-16-17-31(26)4)27(33)25-18-24(25)20-9-12-22(29)13-10-20/h5,9-14,16-17,24-25H,1,6-8,15,18-19H2,2-4H3/b21-11+,23-14+. The summed E-state index contributed by atoms with van der Waals surface area (Å²) in [5, 5.41) is 0. The van der Waals surface area contributed by atoms with Gasteiger partial charge in [0.1, 0.15) is 11.6 Å². The van der Waals surface area contributed by atoms with Gasteiger partial charge in [-0.3, -0.25) is 4.79 Å². The van der Waals surface area contributed by atoms with Gasteiger partial charge in [0.15, 0.2) is 0 Å². The molecule has 2 aliphatic carbocycles. The fraction of sp³-hybridized carbons (Fsp3) is 0.429. The summed E-state index contributed by atoms with van der Waals surface area (Å²) < 4.78 is 15.3. The van der Waals surface area contributed by atoms with E-state index in [0.717, 1.165) is 29.9 Å². The van der Waals surface area contributed by atoms with Crippen molar-refractivity contribution in [2.45, 2.75) is 58.4 Å².